The molecule has 0 bridgehead atoms. The van der Waals surface area contributed by atoms with Crippen molar-refractivity contribution < 1.29 is 0 Å². The van der Waals surface area contributed by atoms with Crippen LogP contribution in [0.1, 0.15) is 6.42 Å². The molecule has 0 aromatic rings. The van der Waals surface area contributed by atoms with Crippen molar-refractivity contribution in [3.8, 4) is 0 Å². The van der Waals surface area contributed by atoms with Crippen molar-refractivity contribution in [2.45, 2.75) is 6.42 Å². The summed E-state index contributed by atoms with van der Waals surface area (Å²) in [5.41, 5.74) is 0. The first-order valence-corrected chi connectivity index (χ1v) is 3.32. The predicted octanol–water partition coefficient (Wildman–Crippen LogP) is 1.61. The maximum absolute atomic E-state index is 5.35. The fourth-order valence-electron chi connectivity index (χ4n) is 0.201. The molecule has 0 amide bonds. The fourth-order valence-corrected chi connectivity index (χ4v) is 0.604. The van der Waals surface area contributed by atoms with Crippen LogP contribution in [-0.4, -0.2) is 16.1 Å². The first kappa shape index (κ1) is 7.95. The average molecular weight is 158 g/mol. The monoisotopic (exact) mass is 157 g/mol. The van der Waals surface area contributed by atoms with Crippen LogP contribution in [0.25, 0.3) is 0 Å². The second-order valence-electron chi connectivity index (χ2n) is 1.14. The molecular weight excluding hydrogens is 150 g/mol. The number of alkyl halides is 1. The highest BCUT2D eigenvalue weighted by Gasteiger charge is 1.87. The molecule has 4 heteroatoms. The molecule has 1 nitrogen and oxygen atoms in total. The molecule has 0 heterocycles. The summed E-state index contributed by atoms with van der Waals surface area (Å²) in [6, 6.07) is 0. The maximum Gasteiger partial charge on any atom is 0.0236 e. The zero-order chi connectivity index (χ0) is 5.70. The highest BCUT2D eigenvalue weighted by molar-refractivity contribution is 7.93. The van der Waals surface area contributed by atoms with Crippen LogP contribution >= 0.6 is 37.2 Å². The van der Waals surface area contributed by atoms with E-state index in [4.69, 9.17) is 11.6 Å². The van der Waals surface area contributed by atoms with Crippen LogP contribution in [0, 0.1) is 0 Å². The van der Waals surface area contributed by atoms with Gasteiger partial charge in [-0.05, 0) is 6.42 Å². The van der Waals surface area contributed by atoms with E-state index in [0.29, 0.717) is 5.88 Å². The van der Waals surface area contributed by atoms with E-state index < -0.39 is 0 Å². The molecule has 44 valence electrons. The second-order valence-corrected chi connectivity index (χ2v) is 2.80. The first-order chi connectivity index (χ1) is 3.27. The third-order valence-electron chi connectivity index (χ3n) is 0.492. The summed E-state index contributed by atoms with van der Waals surface area (Å²) < 4.78 is 1.52. The summed E-state index contributed by atoms with van der Waals surface area (Å²) in [5.74, 6) is 0.678. The van der Waals surface area contributed by atoms with E-state index in [1.165, 1.54) is 3.71 Å². The molecule has 0 N–H and O–H groups in total. The molecule has 0 spiro atoms. The van der Waals surface area contributed by atoms with Crippen LogP contribution in [0.5, 0.6) is 0 Å². The van der Waals surface area contributed by atoms with Gasteiger partial charge in [0.25, 0.3) is 0 Å². The molecule has 0 radical (unpaired) electrons. The molecule has 0 aliphatic carbocycles. The summed E-state index contributed by atoms with van der Waals surface area (Å²) in [6.07, 6.45) is 0.939. The molecule has 0 aliphatic heterocycles. The highest BCUT2D eigenvalue weighted by Crippen LogP contribution is 1.98. The number of hydrogen-bond acceptors (Lipinski definition) is 3. The zero-order valence-corrected chi connectivity index (χ0v) is 6.39. The minimum Gasteiger partial charge on any atom is -0.200 e. The minimum atomic E-state index is 0.678. The van der Waals surface area contributed by atoms with Crippen molar-refractivity contribution in [2.24, 2.45) is 0 Å². The average Bonchev–Trinajstić information content (AvgIpc) is 1.61. The SMILES string of the molecule is SN(S)CCCCl. The van der Waals surface area contributed by atoms with E-state index in [0.717, 1.165) is 13.0 Å². The molecule has 0 aromatic heterocycles. The standard InChI is InChI=1S/C3H8ClNS2/c4-2-1-3-5(6)7/h6-7H,1-3H2. The van der Waals surface area contributed by atoms with Gasteiger partial charge in [-0.3, -0.25) is 0 Å². The molecule has 0 rings (SSSR count). The first-order valence-electron chi connectivity index (χ1n) is 1.98. The molecule has 0 saturated heterocycles. The van der Waals surface area contributed by atoms with Crippen LogP contribution in [0.2, 0.25) is 0 Å². The van der Waals surface area contributed by atoms with Crippen LogP contribution < -0.4 is 0 Å². The zero-order valence-electron chi connectivity index (χ0n) is 3.84. The maximum atomic E-state index is 5.35. The Kier molecular flexibility index (Phi) is 5.79. The van der Waals surface area contributed by atoms with E-state index in [9.17, 15) is 0 Å². The number of rotatable bonds is 3. The number of halogens is 1. The van der Waals surface area contributed by atoms with Crippen molar-refractivity contribution in [3.05, 3.63) is 0 Å². The molecule has 0 aliphatic rings. The van der Waals surface area contributed by atoms with Gasteiger partial charge in [0.2, 0.25) is 0 Å². The van der Waals surface area contributed by atoms with Gasteiger partial charge in [-0.2, -0.15) is 3.71 Å². The Morgan fingerprint density at radius 1 is 1.43 bits per heavy atom. The van der Waals surface area contributed by atoms with Crippen molar-refractivity contribution in [2.75, 3.05) is 12.4 Å². The fraction of sp³-hybridized carbons (Fsp3) is 1.00. The van der Waals surface area contributed by atoms with Crippen LogP contribution in [-0.2, 0) is 0 Å². The van der Waals surface area contributed by atoms with Crippen molar-refractivity contribution >= 4 is 37.2 Å². The largest absolute Gasteiger partial charge is 0.200 e. The van der Waals surface area contributed by atoms with Crippen molar-refractivity contribution in [3.63, 3.8) is 0 Å². The van der Waals surface area contributed by atoms with Crippen LogP contribution in [0.15, 0.2) is 0 Å². The molecule has 7 heavy (non-hydrogen) atoms. The number of hydrogen-bond donors (Lipinski definition) is 2. The molecule has 0 aromatic carbocycles. The Morgan fingerprint density at radius 2 is 2.00 bits per heavy atom. The summed E-state index contributed by atoms with van der Waals surface area (Å²) in [7, 11) is 0. The van der Waals surface area contributed by atoms with Gasteiger partial charge in [0.05, 0.1) is 0 Å². The number of thiol groups is 2. The summed E-state index contributed by atoms with van der Waals surface area (Å²) in [6.45, 7) is 0.829. The molecule has 0 unspecified atom stereocenters. The lowest BCUT2D eigenvalue weighted by molar-refractivity contribution is 0.726. The lowest BCUT2D eigenvalue weighted by Gasteiger charge is -2.01. The minimum absolute atomic E-state index is 0.678. The third kappa shape index (κ3) is 6.95. The van der Waals surface area contributed by atoms with E-state index in [2.05, 4.69) is 25.6 Å². The third-order valence-corrected chi connectivity index (χ3v) is 1.16. The predicted molar refractivity (Wildman–Crippen MR) is 40.0 cm³/mol. The Labute approximate surface area is 60.1 Å². The smallest absolute Gasteiger partial charge is 0.0236 e. The Bertz CT molecular complexity index is 41.9. The normalized spacial score (nSPS) is 10.3. The summed E-state index contributed by atoms with van der Waals surface area (Å²) in [4.78, 5) is 0. The topological polar surface area (TPSA) is 3.24 Å². The van der Waals surface area contributed by atoms with Gasteiger partial charge < -0.3 is 0 Å². The van der Waals surface area contributed by atoms with Gasteiger partial charge in [0.1, 0.15) is 0 Å². The van der Waals surface area contributed by atoms with E-state index >= 15 is 0 Å². The summed E-state index contributed by atoms with van der Waals surface area (Å²) in [5, 5.41) is 0. The lowest BCUT2D eigenvalue weighted by Crippen LogP contribution is -1.99. The Morgan fingerprint density at radius 3 is 2.14 bits per heavy atom. The van der Waals surface area contributed by atoms with Gasteiger partial charge >= 0.3 is 0 Å². The van der Waals surface area contributed by atoms with Gasteiger partial charge in [-0.15, -0.1) is 11.6 Å². The van der Waals surface area contributed by atoms with Crippen molar-refractivity contribution in [1.82, 2.24) is 3.71 Å². The van der Waals surface area contributed by atoms with Gasteiger partial charge in [-0.25, -0.2) is 0 Å². The Hall–Kier alpha value is 0.950. The Balaban J connectivity index is 2.68. The molecule has 0 atom stereocenters. The summed E-state index contributed by atoms with van der Waals surface area (Å²) >= 11 is 13.1. The second kappa shape index (κ2) is 5.09. The van der Waals surface area contributed by atoms with Gasteiger partial charge in [-0.1, -0.05) is 25.6 Å². The van der Waals surface area contributed by atoms with Crippen molar-refractivity contribution in [1.29, 1.82) is 0 Å². The van der Waals surface area contributed by atoms with E-state index in [1.54, 1.807) is 0 Å². The highest BCUT2D eigenvalue weighted by atomic mass is 35.5. The van der Waals surface area contributed by atoms with E-state index in [1.807, 2.05) is 0 Å². The van der Waals surface area contributed by atoms with Crippen LogP contribution in [0.4, 0.5) is 0 Å². The van der Waals surface area contributed by atoms with Crippen LogP contribution in [0.3, 0.4) is 0 Å². The number of nitrogens with zero attached hydrogens (tertiary/aromatic N) is 1. The van der Waals surface area contributed by atoms with Gasteiger partial charge in [0, 0.05) is 12.4 Å². The molecule has 0 saturated carbocycles. The lowest BCUT2D eigenvalue weighted by atomic mass is 10.5. The molecule has 0 fully saturated rings. The quantitative estimate of drug-likeness (QED) is 0.465. The molecular formula is C3H8ClNS2. The van der Waals surface area contributed by atoms with Gasteiger partial charge in [0.15, 0.2) is 0 Å². The van der Waals surface area contributed by atoms with E-state index in [-0.39, 0.29) is 0 Å².